The van der Waals surface area contributed by atoms with E-state index in [1.165, 1.54) is 25.7 Å². The Hall–Kier alpha value is -1.32. The van der Waals surface area contributed by atoms with Crippen LogP contribution in [-0.4, -0.2) is 16.2 Å². The van der Waals surface area contributed by atoms with Crippen molar-refractivity contribution in [3.05, 3.63) is 12.1 Å². The Kier molecular flexibility index (Phi) is 2.01. The Morgan fingerprint density at radius 1 is 1.20 bits per heavy atom. The van der Waals surface area contributed by atoms with Crippen LogP contribution in [0.15, 0.2) is 12.1 Å². The first-order valence-electron chi connectivity index (χ1n) is 5.67. The summed E-state index contributed by atoms with van der Waals surface area (Å²) in [6.45, 7) is 0. The van der Waals surface area contributed by atoms with Gasteiger partial charge in [0.2, 0.25) is 0 Å². The van der Waals surface area contributed by atoms with Crippen molar-refractivity contribution in [1.29, 1.82) is 0 Å². The quantitative estimate of drug-likeness (QED) is 0.769. The largest absolute Gasteiger partial charge is 0.382 e. The number of aromatic nitrogens is 2. The normalized spacial score (nSPS) is 33.2. The van der Waals surface area contributed by atoms with Crippen LogP contribution in [0.1, 0.15) is 25.7 Å². The summed E-state index contributed by atoms with van der Waals surface area (Å²) >= 11 is 0. The fourth-order valence-corrected chi connectivity index (χ4v) is 3.03. The van der Waals surface area contributed by atoms with E-state index >= 15 is 0 Å². The zero-order valence-corrected chi connectivity index (χ0v) is 8.69. The molecule has 0 saturated heterocycles. The van der Waals surface area contributed by atoms with Crippen LogP contribution in [0.4, 0.5) is 11.6 Å². The van der Waals surface area contributed by atoms with E-state index in [2.05, 4.69) is 15.5 Å². The Morgan fingerprint density at radius 2 is 2.13 bits per heavy atom. The van der Waals surface area contributed by atoms with Gasteiger partial charge in [-0.2, -0.15) is 0 Å². The van der Waals surface area contributed by atoms with Crippen LogP contribution in [0.25, 0.3) is 0 Å². The third kappa shape index (κ3) is 1.64. The van der Waals surface area contributed by atoms with E-state index < -0.39 is 0 Å². The zero-order chi connectivity index (χ0) is 10.3. The maximum Gasteiger partial charge on any atom is 0.149 e. The molecule has 2 saturated carbocycles. The van der Waals surface area contributed by atoms with E-state index in [4.69, 9.17) is 5.73 Å². The summed E-state index contributed by atoms with van der Waals surface area (Å²) < 4.78 is 0. The molecule has 3 N–H and O–H groups in total. The predicted octanol–water partition coefficient (Wildman–Crippen LogP) is 1.66. The molecule has 1 heterocycles. The fourth-order valence-electron chi connectivity index (χ4n) is 3.03. The minimum atomic E-state index is 0.480. The molecular formula is C11H16N4. The van der Waals surface area contributed by atoms with Gasteiger partial charge in [-0.1, -0.05) is 6.42 Å². The van der Waals surface area contributed by atoms with E-state index in [0.717, 1.165) is 17.7 Å². The topological polar surface area (TPSA) is 63.8 Å². The van der Waals surface area contributed by atoms with Crippen molar-refractivity contribution in [2.75, 3.05) is 11.1 Å². The average molecular weight is 204 g/mol. The Morgan fingerprint density at radius 3 is 2.73 bits per heavy atom. The minimum Gasteiger partial charge on any atom is -0.382 e. The first-order valence-corrected chi connectivity index (χ1v) is 5.67. The van der Waals surface area contributed by atoms with Crippen LogP contribution in [-0.2, 0) is 0 Å². The zero-order valence-electron chi connectivity index (χ0n) is 8.69. The van der Waals surface area contributed by atoms with Gasteiger partial charge in [-0.15, -0.1) is 10.2 Å². The number of nitrogen functional groups attached to an aromatic ring is 1. The third-order valence-corrected chi connectivity index (χ3v) is 3.76. The van der Waals surface area contributed by atoms with Crippen molar-refractivity contribution < 1.29 is 0 Å². The van der Waals surface area contributed by atoms with Crippen molar-refractivity contribution in [3.63, 3.8) is 0 Å². The molecule has 0 aliphatic heterocycles. The van der Waals surface area contributed by atoms with Crippen LogP contribution in [0.3, 0.4) is 0 Å². The van der Waals surface area contributed by atoms with E-state index in [-0.39, 0.29) is 0 Å². The summed E-state index contributed by atoms with van der Waals surface area (Å²) in [6.07, 6.45) is 5.51. The van der Waals surface area contributed by atoms with Gasteiger partial charge in [0, 0.05) is 6.04 Å². The second kappa shape index (κ2) is 3.36. The number of rotatable bonds is 2. The molecule has 0 spiro atoms. The molecule has 2 aliphatic carbocycles. The van der Waals surface area contributed by atoms with Crippen LogP contribution >= 0.6 is 0 Å². The lowest BCUT2D eigenvalue weighted by Gasteiger charge is -2.22. The van der Waals surface area contributed by atoms with Gasteiger partial charge in [-0.3, -0.25) is 0 Å². The first-order chi connectivity index (χ1) is 7.31. The molecule has 80 valence electrons. The maximum absolute atomic E-state index is 5.49. The van der Waals surface area contributed by atoms with Gasteiger partial charge in [-0.05, 0) is 43.2 Å². The number of nitrogens with two attached hydrogens (primary N) is 1. The molecule has 2 bridgehead atoms. The first kappa shape index (κ1) is 8.95. The van der Waals surface area contributed by atoms with E-state index in [0.29, 0.717) is 11.9 Å². The lowest BCUT2D eigenvalue weighted by atomic mass is 9.95. The second-order valence-electron chi connectivity index (χ2n) is 4.77. The third-order valence-electron chi connectivity index (χ3n) is 3.76. The lowest BCUT2D eigenvalue weighted by molar-refractivity contribution is 0.438. The molecule has 1 aromatic heterocycles. The Balaban J connectivity index is 1.68. The van der Waals surface area contributed by atoms with Gasteiger partial charge in [0.15, 0.2) is 0 Å². The summed E-state index contributed by atoms with van der Waals surface area (Å²) in [4.78, 5) is 0. The number of nitrogens with one attached hydrogen (secondary N) is 1. The van der Waals surface area contributed by atoms with Crippen LogP contribution in [0.2, 0.25) is 0 Å². The van der Waals surface area contributed by atoms with Crippen LogP contribution < -0.4 is 11.1 Å². The van der Waals surface area contributed by atoms with Gasteiger partial charge in [0.05, 0.1) is 0 Å². The molecule has 4 nitrogen and oxygen atoms in total. The molecule has 2 aliphatic rings. The molecule has 4 heteroatoms. The SMILES string of the molecule is Nc1ccc(NC2CC3CCC2C3)nn1. The van der Waals surface area contributed by atoms with Crippen molar-refractivity contribution in [1.82, 2.24) is 10.2 Å². The molecular weight excluding hydrogens is 188 g/mol. The highest BCUT2D eigenvalue weighted by atomic mass is 15.2. The van der Waals surface area contributed by atoms with Crippen molar-refractivity contribution in [2.24, 2.45) is 11.8 Å². The lowest BCUT2D eigenvalue weighted by Crippen LogP contribution is -2.26. The molecule has 3 rings (SSSR count). The fraction of sp³-hybridized carbons (Fsp3) is 0.636. The number of anilines is 2. The summed E-state index contributed by atoms with van der Waals surface area (Å²) in [7, 11) is 0. The number of nitrogens with zero attached hydrogens (tertiary/aromatic N) is 2. The van der Waals surface area contributed by atoms with Gasteiger partial charge < -0.3 is 11.1 Å². The molecule has 3 atom stereocenters. The molecule has 2 fully saturated rings. The molecule has 0 aromatic carbocycles. The van der Waals surface area contributed by atoms with Crippen molar-refractivity contribution in [3.8, 4) is 0 Å². The van der Waals surface area contributed by atoms with Crippen molar-refractivity contribution >= 4 is 11.6 Å². The number of hydrogen-bond acceptors (Lipinski definition) is 4. The summed E-state index contributed by atoms with van der Waals surface area (Å²) in [5.74, 6) is 3.15. The number of hydrogen-bond donors (Lipinski definition) is 2. The minimum absolute atomic E-state index is 0.480. The highest BCUT2D eigenvalue weighted by Gasteiger charge is 2.39. The predicted molar refractivity (Wildman–Crippen MR) is 59.3 cm³/mol. The van der Waals surface area contributed by atoms with Gasteiger partial charge >= 0.3 is 0 Å². The summed E-state index contributed by atoms with van der Waals surface area (Å²) in [5, 5.41) is 11.4. The molecule has 1 aromatic rings. The Bertz CT molecular complexity index is 348. The molecule has 3 unspecified atom stereocenters. The highest BCUT2D eigenvalue weighted by Crippen LogP contribution is 2.45. The highest BCUT2D eigenvalue weighted by molar-refractivity contribution is 5.39. The molecule has 0 radical (unpaired) electrons. The molecule has 0 amide bonds. The average Bonchev–Trinajstić information content (AvgIpc) is 2.83. The second-order valence-corrected chi connectivity index (χ2v) is 4.77. The maximum atomic E-state index is 5.49. The Labute approximate surface area is 89.3 Å². The van der Waals surface area contributed by atoms with Crippen LogP contribution in [0.5, 0.6) is 0 Å². The summed E-state index contributed by atoms with van der Waals surface area (Å²) in [6, 6.07) is 4.32. The van der Waals surface area contributed by atoms with Crippen LogP contribution in [0, 0.1) is 11.8 Å². The van der Waals surface area contributed by atoms with Gasteiger partial charge in [0.1, 0.15) is 11.6 Å². The van der Waals surface area contributed by atoms with E-state index in [9.17, 15) is 0 Å². The molecule has 15 heavy (non-hydrogen) atoms. The van der Waals surface area contributed by atoms with E-state index in [1.807, 2.05) is 6.07 Å². The van der Waals surface area contributed by atoms with E-state index in [1.54, 1.807) is 6.07 Å². The summed E-state index contributed by atoms with van der Waals surface area (Å²) in [5.41, 5.74) is 5.49. The smallest absolute Gasteiger partial charge is 0.149 e. The van der Waals surface area contributed by atoms with Gasteiger partial charge in [0.25, 0.3) is 0 Å². The standard InChI is InChI=1S/C11H16N4/c12-10-3-4-11(15-14-10)13-9-6-7-1-2-8(9)5-7/h3-4,7-9H,1-2,5-6H2,(H2,12,14)(H,13,15). The van der Waals surface area contributed by atoms with Crippen molar-refractivity contribution in [2.45, 2.75) is 31.7 Å². The van der Waals surface area contributed by atoms with Gasteiger partial charge in [-0.25, -0.2) is 0 Å². The number of fused-ring (bicyclic) bond motifs is 2. The monoisotopic (exact) mass is 204 g/mol.